The van der Waals surface area contributed by atoms with Gasteiger partial charge in [0.05, 0.1) is 27.9 Å². The number of nitrogens with zero attached hydrogens (tertiary/aromatic N) is 4. The average Bonchev–Trinajstić information content (AvgIpc) is 3.81. The Labute approximate surface area is 264 Å². The summed E-state index contributed by atoms with van der Waals surface area (Å²) in [7, 11) is 0. The second-order valence-corrected chi connectivity index (χ2v) is 13.1. The van der Waals surface area contributed by atoms with E-state index >= 15 is 0 Å². The molecule has 13 heteroatoms. The third kappa shape index (κ3) is 6.62. The van der Waals surface area contributed by atoms with E-state index in [1.165, 1.54) is 11.3 Å². The van der Waals surface area contributed by atoms with Gasteiger partial charge in [-0.05, 0) is 63.1 Å². The SMILES string of the molecule is CC(C)N1CCC(NC(=O)c2cc3cc(C(=O)OCCN4CCNC4=O)ccc3n2Cc2cc(-c3ccc(Cl)s3)on2)CC1. The van der Waals surface area contributed by atoms with Crippen LogP contribution in [0.3, 0.4) is 0 Å². The van der Waals surface area contributed by atoms with Crippen LogP contribution < -0.4 is 10.6 Å². The van der Waals surface area contributed by atoms with E-state index in [1.54, 1.807) is 23.1 Å². The van der Waals surface area contributed by atoms with Crippen molar-refractivity contribution in [1.29, 1.82) is 0 Å². The maximum atomic E-state index is 13.7. The first kappa shape index (κ1) is 30.2. The number of hydrogen-bond donors (Lipinski definition) is 2. The van der Waals surface area contributed by atoms with Crippen molar-refractivity contribution in [2.45, 2.75) is 45.3 Å². The molecule has 2 aliphatic rings. The van der Waals surface area contributed by atoms with Gasteiger partial charge in [-0.15, -0.1) is 11.3 Å². The molecule has 6 rings (SSSR count). The Morgan fingerprint density at radius 1 is 1.16 bits per heavy atom. The predicted molar refractivity (Wildman–Crippen MR) is 168 cm³/mol. The number of benzene rings is 1. The number of amides is 3. The molecule has 4 aromatic rings. The summed E-state index contributed by atoms with van der Waals surface area (Å²) in [6, 6.07) is 13.0. The van der Waals surface area contributed by atoms with Crippen LogP contribution in [0.15, 0.2) is 47.0 Å². The molecule has 0 spiro atoms. The number of ether oxygens (including phenoxy) is 1. The summed E-state index contributed by atoms with van der Waals surface area (Å²) in [5.74, 6) is -0.0587. The zero-order chi connectivity index (χ0) is 30.8. The lowest BCUT2D eigenvalue weighted by atomic mass is 10.0. The molecule has 44 heavy (non-hydrogen) atoms. The average molecular weight is 639 g/mol. The molecule has 0 radical (unpaired) electrons. The Balaban J connectivity index is 1.23. The van der Waals surface area contributed by atoms with Crippen molar-refractivity contribution < 1.29 is 23.6 Å². The van der Waals surface area contributed by atoms with Crippen molar-refractivity contribution in [1.82, 2.24) is 30.2 Å². The minimum absolute atomic E-state index is 0.0782. The summed E-state index contributed by atoms with van der Waals surface area (Å²) in [6.07, 6.45) is 1.77. The third-order valence-electron chi connectivity index (χ3n) is 8.20. The zero-order valence-electron chi connectivity index (χ0n) is 24.7. The summed E-state index contributed by atoms with van der Waals surface area (Å²) in [5.41, 5.74) is 2.27. The Kier molecular flexibility index (Phi) is 8.92. The van der Waals surface area contributed by atoms with Gasteiger partial charge >= 0.3 is 12.0 Å². The van der Waals surface area contributed by atoms with Crippen LogP contribution in [-0.4, -0.2) is 88.8 Å². The number of thiophene rings is 1. The third-order valence-corrected chi connectivity index (χ3v) is 9.45. The van der Waals surface area contributed by atoms with Gasteiger partial charge in [0, 0.05) is 55.2 Å². The van der Waals surface area contributed by atoms with Gasteiger partial charge in [0.1, 0.15) is 18.0 Å². The molecule has 232 valence electrons. The number of fused-ring (bicyclic) bond motifs is 1. The minimum atomic E-state index is -0.488. The standard InChI is InChI=1S/C31H35ClN6O5S/c1-19(2)36-10-7-22(8-11-36)34-29(39)25-16-21-15-20(30(40)42-14-13-37-12-9-33-31(37)41)3-4-24(21)38(25)18-23-17-26(43-35-23)27-5-6-28(32)44-27/h3-6,15-17,19,22H,7-14,18H2,1-2H3,(H,33,41)(H,34,39). The van der Waals surface area contributed by atoms with E-state index in [0.717, 1.165) is 41.7 Å². The van der Waals surface area contributed by atoms with Gasteiger partial charge < -0.3 is 34.3 Å². The fourth-order valence-electron chi connectivity index (χ4n) is 5.74. The van der Waals surface area contributed by atoms with Crippen LogP contribution in [0.4, 0.5) is 4.79 Å². The van der Waals surface area contributed by atoms with Crippen molar-refractivity contribution >= 4 is 51.7 Å². The van der Waals surface area contributed by atoms with Gasteiger partial charge in [0.25, 0.3) is 5.91 Å². The number of carbonyl (C=O) groups is 3. The van der Waals surface area contributed by atoms with Crippen molar-refractivity contribution in [3.8, 4) is 10.6 Å². The van der Waals surface area contributed by atoms with Crippen LogP contribution in [0.25, 0.3) is 21.5 Å². The normalized spacial score (nSPS) is 16.2. The lowest BCUT2D eigenvalue weighted by Gasteiger charge is -2.34. The van der Waals surface area contributed by atoms with Gasteiger partial charge in [0.2, 0.25) is 0 Å². The highest BCUT2D eigenvalue weighted by molar-refractivity contribution is 7.19. The smallest absolute Gasteiger partial charge is 0.338 e. The quantitative estimate of drug-likeness (QED) is 0.238. The topological polar surface area (TPSA) is 122 Å². The van der Waals surface area contributed by atoms with Crippen LogP contribution in [0, 0.1) is 0 Å². The van der Waals surface area contributed by atoms with Gasteiger partial charge in [-0.25, -0.2) is 9.59 Å². The number of esters is 1. The first-order valence-electron chi connectivity index (χ1n) is 14.8. The molecule has 2 fully saturated rings. The molecular weight excluding hydrogens is 604 g/mol. The Morgan fingerprint density at radius 2 is 1.98 bits per heavy atom. The molecule has 2 aliphatic heterocycles. The van der Waals surface area contributed by atoms with Gasteiger partial charge in [-0.2, -0.15) is 0 Å². The van der Waals surface area contributed by atoms with E-state index in [4.69, 9.17) is 20.9 Å². The highest BCUT2D eigenvalue weighted by Gasteiger charge is 2.25. The fourth-order valence-corrected chi connectivity index (χ4v) is 6.73. The van der Waals surface area contributed by atoms with Crippen molar-refractivity contribution in [3.63, 3.8) is 0 Å². The van der Waals surface area contributed by atoms with Crippen LogP contribution in [0.1, 0.15) is 53.2 Å². The minimum Gasteiger partial charge on any atom is -0.460 e. The Bertz CT molecular complexity index is 1670. The Morgan fingerprint density at radius 3 is 2.68 bits per heavy atom. The molecule has 11 nitrogen and oxygen atoms in total. The van der Waals surface area contributed by atoms with E-state index in [1.807, 2.05) is 28.8 Å². The maximum absolute atomic E-state index is 13.7. The van der Waals surface area contributed by atoms with Crippen LogP contribution in [-0.2, 0) is 11.3 Å². The number of rotatable bonds is 10. The number of halogens is 1. The molecule has 0 atom stereocenters. The molecule has 0 saturated carbocycles. The van der Waals surface area contributed by atoms with Crippen molar-refractivity contribution in [2.75, 3.05) is 39.3 Å². The second kappa shape index (κ2) is 13.0. The molecular formula is C31H35ClN6O5S. The highest BCUT2D eigenvalue weighted by atomic mass is 35.5. The van der Waals surface area contributed by atoms with Crippen LogP contribution in [0.2, 0.25) is 4.34 Å². The molecule has 0 bridgehead atoms. The monoisotopic (exact) mass is 638 g/mol. The predicted octanol–water partition coefficient (Wildman–Crippen LogP) is 4.84. The number of nitrogens with one attached hydrogen (secondary N) is 2. The largest absolute Gasteiger partial charge is 0.460 e. The summed E-state index contributed by atoms with van der Waals surface area (Å²) >= 11 is 7.51. The lowest BCUT2D eigenvalue weighted by Crippen LogP contribution is -2.46. The number of hydrogen-bond acceptors (Lipinski definition) is 8. The van der Waals surface area contributed by atoms with Crippen LogP contribution in [0.5, 0.6) is 0 Å². The van der Waals surface area contributed by atoms with Crippen molar-refractivity contribution in [2.24, 2.45) is 0 Å². The second-order valence-electron chi connectivity index (χ2n) is 11.4. The van der Waals surface area contributed by atoms with E-state index < -0.39 is 5.97 Å². The number of likely N-dealkylation sites (tertiary alicyclic amines) is 1. The van der Waals surface area contributed by atoms with Gasteiger partial charge in [-0.1, -0.05) is 16.8 Å². The summed E-state index contributed by atoms with van der Waals surface area (Å²) in [5, 5.41) is 11.0. The van der Waals surface area contributed by atoms with Crippen molar-refractivity contribution in [3.05, 3.63) is 63.8 Å². The van der Waals surface area contributed by atoms with E-state index in [0.29, 0.717) is 59.3 Å². The first-order valence-corrected chi connectivity index (χ1v) is 16.0. The Hall–Kier alpha value is -3.87. The fraction of sp³-hybridized carbons (Fsp3) is 0.419. The van der Waals surface area contributed by atoms with E-state index in [-0.39, 0.29) is 24.6 Å². The first-order chi connectivity index (χ1) is 21.2. The molecule has 3 aromatic heterocycles. The van der Waals surface area contributed by atoms with Gasteiger partial charge in [0.15, 0.2) is 5.76 Å². The number of urea groups is 1. The van der Waals surface area contributed by atoms with Crippen LogP contribution >= 0.6 is 22.9 Å². The molecule has 2 saturated heterocycles. The summed E-state index contributed by atoms with van der Waals surface area (Å²) in [4.78, 5) is 43.2. The molecule has 5 heterocycles. The molecule has 0 aliphatic carbocycles. The summed E-state index contributed by atoms with van der Waals surface area (Å²) in [6.45, 7) is 8.15. The molecule has 3 amide bonds. The molecule has 0 unspecified atom stereocenters. The number of piperidine rings is 1. The highest BCUT2D eigenvalue weighted by Crippen LogP contribution is 2.32. The van der Waals surface area contributed by atoms with E-state index in [9.17, 15) is 14.4 Å². The lowest BCUT2D eigenvalue weighted by molar-refractivity contribution is 0.0481. The van der Waals surface area contributed by atoms with Gasteiger partial charge in [-0.3, -0.25) is 4.79 Å². The maximum Gasteiger partial charge on any atom is 0.338 e. The number of carbonyl (C=O) groups excluding carboxylic acids is 3. The summed E-state index contributed by atoms with van der Waals surface area (Å²) < 4.78 is 13.6. The molecule has 2 N–H and O–H groups in total. The molecule has 1 aromatic carbocycles. The number of aromatic nitrogens is 2. The van der Waals surface area contributed by atoms with E-state index in [2.05, 4.69) is 34.5 Å². The zero-order valence-corrected chi connectivity index (χ0v) is 26.2.